The van der Waals surface area contributed by atoms with E-state index >= 15 is 0 Å². The topological polar surface area (TPSA) is 70.4 Å². The first-order valence-electron chi connectivity index (χ1n) is 7.26. The van der Waals surface area contributed by atoms with Gasteiger partial charge in [0.15, 0.2) is 0 Å². The summed E-state index contributed by atoms with van der Waals surface area (Å²) in [5.74, 6) is -0.217. The molecule has 2 aromatic rings. The zero-order valence-electron chi connectivity index (χ0n) is 12.5. The Labute approximate surface area is 135 Å². The van der Waals surface area contributed by atoms with Crippen LogP contribution in [0.1, 0.15) is 5.56 Å². The maximum Gasteiger partial charge on any atom is 0.416 e. The molecule has 0 saturated heterocycles. The molecule has 128 valence electrons. The molecule has 0 radical (unpaired) electrons. The van der Waals surface area contributed by atoms with Crippen LogP contribution in [0.5, 0.6) is 0 Å². The lowest BCUT2D eigenvalue weighted by atomic mass is 10.1. The lowest BCUT2D eigenvalue weighted by molar-refractivity contribution is -0.138. The van der Waals surface area contributed by atoms with Crippen molar-refractivity contribution in [2.75, 3.05) is 18.0 Å². The summed E-state index contributed by atoms with van der Waals surface area (Å²) < 4.78 is 39.8. The number of hydrogen-bond donors (Lipinski definition) is 2. The molecule has 0 fully saturated rings. The minimum absolute atomic E-state index is 0.184. The number of carbonyl (C=O) groups is 1. The van der Waals surface area contributed by atoms with Gasteiger partial charge in [0, 0.05) is 24.3 Å². The van der Waals surface area contributed by atoms with E-state index in [1.807, 2.05) is 4.90 Å². The van der Waals surface area contributed by atoms with Gasteiger partial charge in [-0.2, -0.15) is 18.3 Å². The van der Waals surface area contributed by atoms with Crippen molar-refractivity contribution in [3.05, 3.63) is 42.1 Å². The van der Waals surface area contributed by atoms with Crippen molar-refractivity contribution in [3.63, 3.8) is 0 Å². The second-order valence-corrected chi connectivity index (χ2v) is 5.50. The molecule has 1 aliphatic rings. The number of rotatable bonds is 4. The van der Waals surface area contributed by atoms with Crippen LogP contribution in [0.15, 0.2) is 36.5 Å². The third kappa shape index (κ3) is 3.35. The van der Waals surface area contributed by atoms with Gasteiger partial charge in [-0.1, -0.05) is 0 Å². The molecule has 1 aliphatic heterocycles. The first kappa shape index (κ1) is 16.3. The van der Waals surface area contributed by atoms with E-state index in [2.05, 4.69) is 10.4 Å². The number of nitrogens with one attached hydrogen (secondary N) is 1. The van der Waals surface area contributed by atoms with Crippen LogP contribution >= 0.6 is 0 Å². The highest BCUT2D eigenvalue weighted by molar-refractivity contribution is 5.69. The number of aromatic nitrogens is 2. The molecule has 1 unspecified atom stereocenters. The Bertz CT molecular complexity index is 727. The van der Waals surface area contributed by atoms with Crippen LogP contribution in [-0.2, 0) is 17.5 Å². The van der Waals surface area contributed by atoms with E-state index in [4.69, 9.17) is 5.11 Å². The van der Waals surface area contributed by atoms with Gasteiger partial charge in [0.2, 0.25) is 0 Å². The van der Waals surface area contributed by atoms with E-state index < -0.39 is 17.7 Å². The maximum absolute atomic E-state index is 12.7. The predicted molar refractivity (Wildman–Crippen MR) is 80.1 cm³/mol. The zero-order chi connectivity index (χ0) is 17.3. The number of fused-ring (bicyclic) bond motifs is 1. The maximum atomic E-state index is 12.7. The highest BCUT2D eigenvalue weighted by atomic mass is 19.4. The number of benzene rings is 1. The quantitative estimate of drug-likeness (QED) is 0.892. The first-order valence-corrected chi connectivity index (χ1v) is 7.26. The summed E-state index contributed by atoms with van der Waals surface area (Å²) in [4.78, 5) is 12.5. The van der Waals surface area contributed by atoms with Gasteiger partial charge in [-0.3, -0.25) is 4.79 Å². The molecule has 1 aromatic heterocycles. The normalized spacial score (nSPS) is 17.6. The lowest BCUT2D eigenvalue weighted by Crippen LogP contribution is -2.48. The fourth-order valence-electron chi connectivity index (χ4n) is 2.70. The van der Waals surface area contributed by atoms with Crippen molar-refractivity contribution >= 4 is 17.5 Å². The van der Waals surface area contributed by atoms with Crippen LogP contribution in [-0.4, -0.2) is 40.0 Å². The smallest absolute Gasteiger partial charge is 0.416 e. The summed E-state index contributed by atoms with van der Waals surface area (Å²) in [6.45, 7) is 0.735. The predicted octanol–water partition coefficient (Wildman–Crippen LogP) is 2.10. The van der Waals surface area contributed by atoms with Crippen LogP contribution in [0.2, 0.25) is 0 Å². The Morgan fingerprint density at radius 2 is 1.96 bits per heavy atom. The third-order valence-electron chi connectivity index (χ3n) is 3.82. The molecule has 0 saturated carbocycles. The number of aliphatic carboxylic acids is 1. The van der Waals surface area contributed by atoms with Gasteiger partial charge < -0.3 is 15.3 Å². The Kier molecular flexibility index (Phi) is 4.18. The zero-order valence-corrected chi connectivity index (χ0v) is 12.5. The van der Waals surface area contributed by atoms with Gasteiger partial charge in [-0.15, -0.1) is 0 Å². The summed E-state index contributed by atoms with van der Waals surface area (Å²) in [6, 6.07) is 6.45. The van der Waals surface area contributed by atoms with Crippen LogP contribution in [0, 0.1) is 0 Å². The van der Waals surface area contributed by atoms with E-state index in [1.54, 1.807) is 16.9 Å². The van der Waals surface area contributed by atoms with Crippen molar-refractivity contribution < 1.29 is 23.1 Å². The standard InChI is InChI=1S/C15H15F3N4O2/c16-15(17,18)10-1-3-12(4-2-10)21-8-11(19-7-14(23)24)9-22-13(21)5-6-20-22/h1-6,11,19H,7-9H2,(H,23,24). The van der Waals surface area contributed by atoms with Crippen molar-refractivity contribution in [2.45, 2.75) is 18.8 Å². The average Bonchev–Trinajstić information content (AvgIpc) is 3.00. The van der Waals surface area contributed by atoms with Crippen LogP contribution in [0.4, 0.5) is 24.7 Å². The largest absolute Gasteiger partial charge is 0.480 e. The Balaban J connectivity index is 1.85. The highest BCUT2D eigenvalue weighted by Crippen LogP contribution is 2.33. The summed E-state index contributed by atoms with van der Waals surface area (Å²) in [7, 11) is 0. The van der Waals surface area contributed by atoms with Crippen molar-refractivity contribution in [2.24, 2.45) is 0 Å². The minimum Gasteiger partial charge on any atom is -0.480 e. The van der Waals surface area contributed by atoms with Crippen molar-refractivity contribution in [3.8, 4) is 0 Å². The van der Waals surface area contributed by atoms with E-state index in [1.165, 1.54) is 12.1 Å². The van der Waals surface area contributed by atoms with Gasteiger partial charge in [0.25, 0.3) is 0 Å². The fraction of sp³-hybridized carbons (Fsp3) is 0.333. The van der Waals surface area contributed by atoms with Gasteiger partial charge >= 0.3 is 12.1 Å². The van der Waals surface area contributed by atoms with E-state index in [0.29, 0.717) is 18.8 Å². The molecule has 24 heavy (non-hydrogen) atoms. The van der Waals surface area contributed by atoms with Gasteiger partial charge in [-0.05, 0) is 24.3 Å². The number of hydrogen-bond acceptors (Lipinski definition) is 4. The molecular formula is C15H15F3N4O2. The van der Waals surface area contributed by atoms with Crippen LogP contribution in [0.25, 0.3) is 0 Å². The summed E-state index contributed by atoms with van der Waals surface area (Å²) in [6.07, 6.45) is -2.78. The number of anilines is 2. The molecule has 3 rings (SSSR count). The Hall–Kier alpha value is -2.55. The lowest BCUT2D eigenvalue weighted by Gasteiger charge is -2.35. The molecule has 0 spiro atoms. The molecule has 9 heteroatoms. The van der Waals surface area contributed by atoms with Gasteiger partial charge in [0.1, 0.15) is 5.82 Å². The number of halogens is 3. The molecule has 2 N–H and O–H groups in total. The average molecular weight is 340 g/mol. The third-order valence-corrected chi connectivity index (χ3v) is 3.82. The number of carboxylic acid groups (broad SMARTS) is 1. The van der Waals surface area contributed by atoms with E-state index in [0.717, 1.165) is 18.0 Å². The van der Waals surface area contributed by atoms with Crippen molar-refractivity contribution in [1.29, 1.82) is 0 Å². The highest BCUT2D eigenvalue weighted by Gasteiger charge is 2.31. The first-order chi connectivity index (χ1) is 11.3. The number of alkyl halides is 3. The molecule has 1 aromatic carbocycles. The molecule has 0 bridgehead atoms. The second-order valence-electron chi connectivity index (χ2n) is 5.50. The van der Waals surface area contributed by atoms with E-state index in [-0.39, 0.29) is 12.6 Å². The molecule has 6 nitrogen and oxygen atoms in total. The Morgan fingerprint density at radius 1 is 1.25 bits per heavy atom. The molecule has 0 amide bonds. The summed E-state index contributed by atoms with van der Waals surface area (Å²) >= 11 is 0. The molecule has 1 atom stereocenters. The van der Waals surface area contributed by atoms with Crippen LogP contribution in [0.3, 0.4) is 0 Å². The summed E-state index contributed by atoms with van der Waals surface area (Å²) in [5, 5.41) is 15.9. The van der Waals surface area contributed by atoms with Gasteiger partial charge in [-0.25, -0.2) is 4.68 Å². The molecule has 2 heterocycles. The second kappa shape index (κ2) is 6.16. The molecule has 0 aliphatic carbocycles. The SMILES string of the molecule is O=C(O)CNC1CN(c2ccc(C(F)(F)F)cc2)c2ccnn2C1. The minimum atomic E-state index is -4.38. The number of nitrogens with zero attached hydrogens (tertiary/aromatic N) is 3. The fourth-order valence-corrected chi connectivity index (χ4v) is 2.70. The summed E-state index contributed by atoms with van der Waals surface area (Å²) in [5.41, 5.74) is -0.121. The van der Waals surface area contributed by atoms with Gasteiger partial charge in [0.05, 0.1) is 24.8 Å². The Morgan fingerprint density at radius 3 is 2.58 bits per heavy atom. The molecular weight excluding hydrogens is 325 g/mol. The number of carboxylic acids is 1. The van der Waals surface area contributed by atoms with Crippen molar-refractivity contribution in [1.82, 2.24) is 15.1 Å². The van der Waals surface area contributed by atoms with E-state index in [9.17, 15) is 18.0 Å². The monoisotopic (exact) mass is 340 g/mol. The van der Waals surface area contributed by atoms with Crippen LogP contribution < -0.4 is 10.2 Å².